The van der Waals surface area contributed by atoms with Crippen LogP contribution < -0.4 is 14.8 Å². The molecule has 1 aromatic heterocycles. The van der Waals surface area contributed by atoms with Crippen molar-refractivity contribution in [2.45, 2.75) is 31.6 Å². The zero-order chi connectivity index (χ0) is 24.0. The molecule has 1 heterocycles. The maximum atomic E-state index is 12.6. The standard InChI is InChI=1S/C22H22Cl2N4O4S/c1-14-12-21(26-15(2)25-14)28-33(30,31)18-8-6-17(7-9-18)27-22(29)4-3-11-32-20-10-5-16(23)13-19(20)24/h5-10,12-13H,3-4,11H2,1-2H3,(H,27,29)(H,25,26,28). The third-order valence-corrected chi connectivity index (χ3v) is 6.25. The second-order valence-corrected chi connectivity index (χ2v) is 9.67. The number of benzene rings is 2. The second-order valence-electron chi connectivity index (χ2n) is 7.15. The Bertz CT molecular complexity index is 1230. The average molecular weight is 509 g/mol. The van der Waals surface area contributed by atoms with Gasteiger partial charge in [0.2, 0.25) is 5.91 Å². The smallest absolute Gasteiger partial charge is 0.263 e. The molecule has 174 valence electrons. The summed E-state index contributed by atoms with van der Waals surface area (Å²) in [5.41, 5.74) is 1.13. The molecule has 0 saturated carbocycles. The lowest BCUT2D eigenvalue weighted by Gasteiger charge is -2.10. The molecule has 0 unspecified atom stereocenters. The van der Waals surface area contributed by atoms with Crippen LogP contribution in [0.5, 0.6) is 5.75 Å². The van der Waals surface area contributed by atoms with E-state index in [0.29, 0.717) is 46.0 Å². The van der Waals surface area contributed by atoms with E-state index in [0.717, 1.165) is 0 Å². The van der Waals surface area contributed by atoms with Gasteiger partial charge in [0.25, 0.3) is 10.0 Å². The van der Waals surface area contributed by atoms with Crippen molar-refractivity contribution in [2.75, 3.05) is 16.6 Å². The van der Waals surface area contributed by atoms with Gasteiger partial charge in [-0.2, -0.15) is 0 Å². The molecule has 0 atom stereocenters. The highest BCUT2D eigenvalue weighted by Crippen LogP contribution is 2.27. The Balaban J connectivity index is 1.50. The first-order chi connectivity index (χ1) is 15.6. The first-order valence-electron chi connectivity index (χ1n) is 9.95. The topological polar surface area (TPSA) is 110 Å². The van der Waals surface area contributed by atoms with Gasteiger partial charge in [-0.25, -0.2) is 18.4 Å². The molecule has 11 heteroatoms. The average Bonchev–Trinajstić information content (AvgIpc) is 2.72. The lowest BCUT2D eigenvalue weighted by Crippen LogP contribution is -2.15. The number of amides is 1. The Morgan fingerprint density at radius 3 is 2.42 bits per heavy atom. The van der Waals surface area contributed by atoms with Gasteiger partial charge in [0.05, 0.1) is 16.5 Å². The van der Waals surface area contributed by atoms with Crippen LogP contribution in [0.15, 0.2) is 53.4 Å². The summed E-state index contributed by atoms with van der Waals surface area (Å²) in [6, 6.07) is 12.3. The minimum atomic E-state index is -3.83. The zero-order valence-corrected chi connectivity index (χ0v) is 20.3. The van der Waals surface area contributed by atoms with Crippen LogP contribution in [-0.2, 0) is 14.8 Å². The SMILES string of the molecule is Cc1cc(NS(=O)(=O)c2ccc(NC(=O)CCCOc3ccc(Cl)cc3Cl)cc2)nc(C)n1. The summed E-state index contributed by atoms with van der Waals surface area (Å²) in [4.78, 5) is 20.4. The molecule has 8 nitrogen and oxygen atoms in total. The number of halogens is 2. The largest absolute Gasteiger partial charge is 0.492 e. The van der Waals surface area contributed by atoms with E-state index in [-0.39, 0.29) is 23.0 Å². The fourth-order valence-corrected chi connectivity index (χ4v) is 4.37. The minimum Gasteiger partial charge on any atom is -0.492 e. The Morgan fingerprint density at radius 2 is 1.76 bits per heavy atom. The molecule has 0 bridgehead atoms. The molecule has 2 N–H and O–H groups in total. The highest BCUT2D eigenvalue weighted by Gasteiger charge is 2.16. The number of carbonyl (C=O) groups is 1. The maximum Gasteiger partial charge on any atom is 0.263 e. The van der Waals surface area contributed by atoms with Crippen molar-refractivity contribution in [2.24, 2.45) is 0 Å². The fraction of sp³-hybridized carbons (Fsp3) is 0.227. The van der Waals surface area contributed by atoms with E-state index in [1.807, 2.05) is 0 Å². The van der Waals surface area contributed by atoms with Gasteiger partial charge in [0.15, 0.2) is 0 Å². The summed E-state index contributed by atoms with van der Waals surface area (Å²) >= 11 is 11.9. The Labute approximate surface area is 202 Å². The molecule has 1 amide bonds. The van der Waals surface area contributed by atoms with Gasteiger partial charge >= 0.3 is 0 Å². The molecule has 3 aromatic rings. The molecule has 0 radical (unpaired) electrons. The summed E-state index contributed by atoms with van der Waals surface area (Å²) in [7, 11) is -3.83. The molecule has 0 saturated heterocycles. The van der Waals surface area contributed by atoms with Crippen LogP contribution in [-0.4, -0.2) is 30.9 Å². The summed E-state index contributed by atoms with van der Waals surface area (Å²) in [6.07, 6.45) is 0.693. The number of carbonyl (C=O) groups excluding carboxylic acids is 1. The fourth-order valence-electron chi connectivity index (χ4n) is 2.91. The van der Waals surface area contributed by atoms with Crippen molar-refractivity contribution in [3.8, 4) is 5.75 Å². The molecular formula is C22H22Cl2N4O4S. The summed E-state index contributed by atoms with van der Waals surface area (Å²) in [5, 5.41) is 3.65. The van der Waals surface area contributed by atoms with Gasteiger partial charge in [-0.1, -0.05) is 23.2 Å². The molecule has 2 aromatic carbocycles. The van der Waals surface area contributed by atoms with E-state index in [9.17, 15) is 13.2 Å². The first-order valence-corrected chi connectivity index (χ1v) is 12.2. The summed E-state index contributed by atoms with van der Waals surface area (Å²) in [5.74, 6) is 0.938. The zero-order valence-electron chi connectivity index (χ0n) is 17.9. The Kier molecular flexibility index (Phi) is 8.12. The lowest BCUT2D eigenvalue weighted by atomic mass is 10.2. The lowest BCUT2D eigenvalue weighted by molar-refractivity contribution is -0.116. The molecular weight excluding hydrogens is 487 g/mol. The van der Waals surface area contributed by atoms with Gasteiger partial charge in [-0.3, -0.25) is 9.52 Å². The molecule has 0 aliphatic heterocycles. The number of ether oxygens (including phenoxy) is 1. The molecule has 0 aliphatic carbocycles. The van der Waals surface area contributed by atoms with Crippen LogP contribution >= 0.6 is 23.2 Å². The summed E-state index contributed by atoms with van der Waals surface area (Å²) < 4.78 is 33.2. The number of aryl methyl sites for hydroxylation is 2. The number of aromatic nitrogens is 2. The van der Waals surface area contributed by atoms with E-state index in [2.05, 4.69) is 20.0 Å². The third-order valence-electron chi connectivity index (χ3n) is 4.35. The molecule has 0 aliphatic rings. The van der Waals surface area contributed by atoms with E-state index < -0.39 is 10.0 Å². The highest BCUT2D eigenvalue weighted by molar-refractivity contribution is 7.92. The normalized spacial score (nSPS) is 11.2. The minimum absolute atomic E-state index is 0.0441. The van der Waals surface area contributed by atoms with E-state index in [1.54, 1.807) is 38.1 Å². The molecule has 33 heavy (non-hydrogen) atoms. The maximum absolute atomic E-state index is 12.6. The molecule has 3 rings (SSSR count). The van der Waals surface area contributed by atoms with Gasteiger partial charge in [0, 0.05) is 28.9 Å². The van der Waals surface area contributed by atoms with Crippen molar-refractivity contribution in [3.63, 3.8) is 0 Å². The molecule has 0 spiro atoms. The number of rotatable bonds is 9. The van der Waals surface area contributed by atoms with Gasteiger partial charge in [-0.05, 0) is 62.7 Å². The van der Waals surface area contributed by atoms with Crippen molar-refractivity contribution >= 4 is 50.6 Å². The van der Waals surface area contributed by atoms with Gasteiger partial charge in [0.1, 0.15) is 17.4 Å². The van der Waals surface area contributed by atoms with Crippen molar-refractivity contribution in [1.29, 1.82) is 0 Å². The number of nitrogens with zero attached hydrogens (tertiary/aromatic N) is 2. The number of sulfonamides is 1. The number of anilines is 2. The van der Waals surface area contributed by atoms with E-state index in [1.165, 1.54) is 24.3 Å². The van der Waals surface area contributed by atoms with Gasteiger partial charge < -0.3 is 10.1 Å². The van der Waals surface area contributed by atoms with E-state index in [4.69, 9.17) is 27.9 Å². The van der Waals surface area contributed by atoms with Crippen molar-refractivity contribution in [3.05, 3.63) is 70.1 Å². The van der Waals surface area contributed by atoms with Crippen LogP contribution in [0.1, 0.15) is 24.4 Å². The number of hydrogen-bond donors (Lipinski definition) is 2. The quantitative estimate of drug-likeness (QED) is 0.393. The van der Waals surface area contributed by atoms with E-state index >= 15 is 0 Å². The Hall–Kier alpha value is -2.88. The van der Waals surface area contributed by atoms with Crippen LogP contribution in [0.4, 0.5) is 11.5 Å². The highest BCUT2D eigenvalue weighted by atomic mass is 35.5. The number of nitrogens with one attached hydrogen (secondary N) is 2. The monoisotopic (exact) mass is 508 g/mol. The first kappa shape index (κ1) is 24.8. The van der Waals surface area contributed by atoms with Crippen molar-refractivity contribution < 1.29 is 17.9 Å². The van der Waals surface area contributed by atoms with Crippen LogP contribution in [0.2, 0.25) is 10.0 Å². The number of hydrogen-bond acceptors (Lipinski definition) is 6. The Morgan fingerprint density at radius 1 is 1.03 bits per heavy atom. The van der Waals surface area contributed by atoms with Crippen LogP contribution in [0.3, 0.4) is 0 Å². The van der Waals surface area contributed by atoms with Crippen LogP contribution in [0, 0.1) is 13.8 Å². The van der Waals surface area contributed by atoms with Crippen molar-refractivity contribution in [1.82, 2.24) is 9.97 Å². The van der Waals surface area contributed by atoms with Gasteiger partial charge in [-0.15, -0.1) is 0 Å². The molecule has 0 fully saturated rings. The summed E-state index contributed by atoms with van der Waals surface area (Å²) in [6.45, 7) is 3.74. The second kappa shape index (κ2) is 10.8. The predicted molar refractivity (Wildman–Crippen MR) is 129 cm³/mol. The van der Waals surface area contributed by atoms with Crippen LogP contribution in [0.25, 0.3) is 0 Å². The third kappa shape index (κ3) is 7.31. The predicted octanol–water partition coefficient (Wildman–Crippen LogP) is 5.00.